The minimum atomic E-state index is -0.280. The summed E-state index contributed by atoms with van der Waals surface area (Å²) in [5.41, 5.74) is 0.771. The number of ether oxygens (including phenoxy) is 3. The number of benzene rings is 2. The summed E-state index contributed by atoms with van der Waals surface area (Å²) in [5, 5.41) is 14.4. The predicted octanol–water partition coefficient (Wildman–Crippen LogP) is 1.76. The third-order valence-electron chi connectivity index (χ3n) is 3.80. The largest absolute Gasteiger partial charge is 0.497 e. The minimum absolute atomic E-state index is 0.114. The molecule has 0 saturated carbocycles. The van der Waals surface area contributed by atoms with E-state index in [-0.39, 0.29) is 19.1 Å². The maximum atomic E-state index is 12.0. The number of hydrogen-bond acceptors (Lipinski definition) is 7. The molecule has 0 spiro atoms. The molecule has 0 bridgehead atoms. The second kappa shape index (κ2) is 9.36. The number of amides is 1. The second-order valence-corrected chi connectivity index (χ2v) is 5.67. The van der Waals surface area contributed by atoms with Gasteiger partial charge in [0.05, 0.1) is 25.9 Å². The third-order valence-corrected chi connectivity index (χ3v) is 3.80. The summed E-state index contributed by atoms with van der Waals surface area (Å²) in [5.74, 6) is 2.29. The lowest BCUT2D eigenvalue weighted by Gasteiger charge is -2.09. The van der Waals surface area contributed by atoms with Crippen molar-refractivity contribution in [2.45, 2.75) is 13.5 Å². The van der Waals surface area contributed by atoms with Crippen LogP contribution in [-0.2, 0) is 11.3 Å². The zero-order valence-electron chi connectivity index (χ0n) is 15.7. The van der Waals surface area contributed by atoms with Crippen molar-refractivity contribution < 1.29 is 19.0 Å². The average Bonchev–Trinajstić information content (AvgIpc) is 3.20. The third kappa shape index (κ3) is 4.97. The molecule has 0 unspecified atom stereocenters. The standard InChI is InChI=1S/C19H21N5O4/c1-3-27-16-6-4-14(5-7-16)24-18(21-22-23-24)12-20-19(25)13-28-17-10-8-15(26-2)9-11-17/h4-11H,3,12-13H2,1-2H3,(H,20,25). The van der Waals surface area contributed by atoms with Gasteiger partial charge in [0.25, 0.3) is 5.91 Å². The topological polar surface area (TPSA) is 100 Å². The number of methoxy groups -OCH3 is 1. The van der Waals surface area contributed by atoms with E-state index in [1.807, 2.05) is 31.2 Å². The van der Waals surface area contributed by atoms with Gasteiger partial charge < -0.3 is 19.5 Å². The molecule has 0 atom stereocenters. The van der Waals surface area contributed by atoms with Crippen molar-refractivity contribution in [1.29, 1.82) is 0 Å². The molecule has 0 saturated heterocycles. The van der Waals surface area contributed by atoms with Crippen molar-refractivity contribution in [3.8, 4) is 22.9 Å². The first-order valence-corrected chi connectivity index (χ1v) is 8.73. The van der Waals surface area contributed by atoms with E-state index >= 15 is 0 Å². The monoisotopic (exact) mass is 383 g/mol. The van der Waals surface area contributed by atoms with Crippen LogP contribution in [0.25, 0.3) is 5.69 Å². The average molecular weight is 383 g/mol. The number of aromatic nitrogens is 4. The van der Waals surface area contributed by atoms with Gasteiger partial charge in [-0.1, -0.05) is 0 Å². The van der Waals surface area contributed by atoms with Gasteiger partial charge in [0.2, 0.25) is 0 Å². The number of nitrogens with one attached hydrogen (secondary N) is 1. The summed E-state index contributed by atoms with van der Waals surface area (Å²) in [4.78, 5) is 12.0. The molecular weight excluding hydrogens is 362 g/mol. The van der Waals surface area contributed by atoms with Crippen LogP contribution in [0.4, 0.5) is 0 Å². The van der Waals surface area contributed by atoms with E-state index in [1.54, 1.807) is 36.1 Å². The number of carbonyl (C=O) groups is 1. The van der Waals surface area contributed by atoms with E-state index < -0.39 is 0 Å². The Morgan fingerprint density at radius 1 is 1.00 bits per heavy atom. The first kappa shape index (κ1) is 19.2. The summed E-state index contributed by atoms with van der Waals surface area (Å²) in [6, 6.07) is 14.4. The van der Waals surface area contributed by atoms with Gasteiger partial charge in [-0.2, -0.15) is 4.68 Å². The Balaban J connectivity index is 1.53. The zero-order valence-corrected chi connectivity index (χ0v) is 15.7. The van der Waals surface area contributed by atoms with Gasteiger partial charge in [-0.25, -0.2) is 0 Å². The second-order valence-electron chi connectivity index (χ2n) is 5.67. The van der Waals surface area contributed by atoms with Gasteiger partial charge in [0.1, 0.15) is 17.2 Å². The fourth-order valence-corrected chi connectivity index (χ4v) is 2.42. The SMILES string of the molecule is CCOc1ccc(-n2nnnc2CNC(=O)COc2ccc(OC)cc2)cc1. The molecule has 0 aliphatic rings. The van der Waals surface area contributed by atoms with Gasteiger partial charge in [0.15, 0.2) is 12.4 Å². The Morgan fingerprint density at radius 2 is 1.64 bits per heavy atom. The molecule has 2 aromatic carbocycles. The first-order chi connectivity index (χ1) is 13.7. The zero-order chi connectivity index (χ0) is 19.8. The quantitative estimate of drug-likeness (QED) is 0.601. The highest BCUT2D eigenvalue weighted by atomic mass is 16.5. The lowest BCUT2D eigenvalue weighted by Crippen LogP contribution is -2.29. The lowest BCUT2D eigenvalue weighted by molar-refractivity contribution is -0.123. The number of tetrazole rings is 1. The van der Waals surface area contributed by atoms with Crippen LogP contribution in [-0.4, -0.2) is 46.4 Å². The van der Waals surface area contributed by atoms with Crippen molar-refractivity contribution in [2.75, 3.05) is 20.3 Å². The van der Waals surface area contributed by atoms with Gasteiger partial charge in [-0.3, -0.25) is 4.79 Å². The molecule has 3 rings (SSSR count). The van der Waals surface area contributed by atoms with E-state index in [1.165, 1.54) is 0 Å². The van der Waals surface area contributed by atoms with Crippen LogP contribution < -0.4 is 19.5 Å². The molecule has 0 fully saturated rings. The van der Waals surface area contributed by atoms with Crippen LogP contribution in [0.1, 0.15) is 12.7 Å². The molecule has 0 aliphatic heterocycles. The molecule has 3 aromatic rings. The molecule has 146 valence electrons. The maximum absolute atomic E-state index is 12.0. The molecule has 1 amide bonds. The summed E-state index contributed by atoms with van der Waals surface area (Å²) < 4.78 is 17.5. The minimum Gasteiger partial charge on any atom is -0.497 e. The number of hydrogen-bond donors (Lipinski definition) is 1. The molecule has 1 aromatic heterocycles. The van der Waals surface area contributed by atoms with Gasteiger partial charge in [-0.15, -0.1) is 5.10 Å². The highest BCUT2D eigenvalue weighted by Gasteiger charge is 2.11. The Hall–Kier alpha value is -3.62. The van der Waals surface area contributed by atoms with E-state index in [2.05, 4.69) is 20.8 Å². The van der Waals surface area contributed by atoms with Crippen molar-refractivity contribution >= 4 is 5.91 Å². The van der Waals surface area contributed by atoms with E-state index in [0.717, 1.165) is 17.2 Å². The van der Waals surface area contributed by atoms with Crippen LogP contribution in [0, 0.1) is 0 Å². The number of rotatable bonds is 9. The summed E-state index contributed by atoms with van der Waals surface area (Å²) in [6.07, 6.45) is 0. The normalized spacial score (nSPS) is 10.4. The highest BCUT2D eigenvalue weighted by molar-refractivity contribution is 5.77. The lowest BCUT2D eigenvalue weighted by atomic mass is 10.3. The Labute approximate surface area is 162 Å². The van der Waals surface area contributed by atoms with E-state index in [0.29, 0.717) is 18.2 Å². The molecule has 0 radical (unpaired) electrons. The van der Waals surface area contributed by atoms with Crippen LogP contribution in [0.3, 0.4) is 0 Å². The van der Waals surface area contributed by atoms with Crippen molar-refractivity contribution in [3.05, 3.63) is 54.4 Å². The fraction of sp³-hybridized carbons (Fsp3) is 0.263. The molecule has 28 heavy (non-hydrogen) atoms. The smallest absolute Gasteiger partial charge is 0.258 e. The van der Waals surface area contributed by atoms with Crippen LogP contribution in [0.5, 0.6) is 17.2 Å². The van der Waals surface area contributed by atoms with Crippen LogP contribution in [0.15, 0.2) is 48.5 Å². The van der Waals surface area contributed by atoms with Crippen molar-refractivity contribution in [2.24, 2.45) is 0 Å². The summed E-state index contributed by atoms with van der Waals surface area (Å²) in [7, 11) is 1.59. The maximum Gasteiger partial charge on any atom is 0.258 e. The van der Waals surface area contributed by atoms with E-state index in [4.69, 9.17) is 14.2 Å². The molecular formula is C19H21N5O4. The first-order valence-electron chi connectivity index (χ1n) is 8.73. The molecule has 9 nitrogen and oxygen atoms in total. The Kier molecular flexibility index (Phi) is 6.40. The predicted molar refractivity (Wildman–Crippen MR) is 101 cm³/mol. The Bertz CT molecular complexity index is 893. The molecule has 1 heterocycles. The van der Waals surface area contributed by atoms with Gasteiger partial charge in [0, 0.05) is 0 Å². The van der Waals surface area contributed by atoms with Gasteiger partial charge >= 0.3 is 0 Å². The highest BCUT2D eigenvalue weighted by Crippen LogP contribution is 2.17. The molecule has 1 N–H and O–H groups in total. The molecule has 0 aliphatic carbocycles. The van der Waals surface area contributed by atoms with Crippen molar-refractivity contribution in [1.82, 2.24) is 25.5 Å². The summed E-state index contributed by atoms with van der Waals surface area (Å²) in [6.45, 7) is 2.58. The number of carbonyl (C=O) groups excluding carboxylic acids is 1. The van der Waals surface area contributed by atoms with Gasteiger partial charge in [-0.05, 0) is 65.9 Å². The Morgan fingerprint density at radius 3 is 2.32 bits per heavy atom. The van der Waals surface area contributed by atoms with Crippen LogP contribution >= 0.6 is 0 Å². The van der Waals surface area contributed by atoms with Crippen molar-refractivity contribution in [3.63, 3.8) is 0 Å². The summed E-state index contributed by atoms with van der Waals surface area (Å²) >= 11 is 0. The van der Waals surface area contributed by atoms with Crippen LogP contribution in [0.2, 0.25) is 0 Å². The fourth-order valence-electron chi connectivity index (χ4n) is 2.42. The number of nitrogens with zero attached hydrogens (tertiary/aromatic N) is 4. The van der Waals surface area contributed by atoms with E-state index in [9.17, 15) is 4.79 Å². The molecule has 9 heteroatoms.